The van der Waals surface area contributed by atoms with Gasteiger partial charge < -0.3 is 29.2 Å². The van der Waals surface area contributed by atoms with E-state index in [-0.39, 0.29) is 5.91 Å². The summed E-state index contributed by atoms with van der Waals surface area (Å²) >= 11 is 0. The van der Waals surface area contributed by atoms with E-state index in [1.54, 1.807) is 98.8 Å². The number of amides is 1. The molecule has 0 bridgehead atoms. The van der Waals surface area contributed by atoms with Gasteiger partial charge in [-0.25, -0.2) is 9.59 Å². The fraction of sp³-hybridized carbons (Fsp3) is 0.192. The standard InChI is InChI=1S/C26H26N2O7/c1-18(29)27-21-11-10-12-22(17-21)28(19(2)32-25(30)34-23-13-6-4-7-14-23)20(3)33-26(31)35-24-15-8-5-9-16-24/h4-17,19-20H,1-3H3,(H,27,29). The first-order chi connectivity index (χ1) is 16.8. The fourth-order valence-corrected chi connectivity index (χ4v) is 3.27. The molecular formula is C26H26N2O7. The molecule has 0 saturated heterocycles. The smallest absolute Gasteiger partial charge is 0.410 e. The summed E-state index contributed by atoms with van der Waals surface area (Å²) in [6.07, 6.45) is -3.74. The Bertz CT molecular complexity index is 1080. The van der Waals surface area contributed by atoms with Crippen LogP contribution in [0.5, 0.6) is 11.5 Å². The lowest BCUT2D eigenvalue weighted by Gasteiger charge is -2.34. The molecule has 3 rings (SSSR count). The molecule has 0 aliphatic carbocycles. The van der Waals surface area contributed by atoms with Crippen LogP contribution in [0.15, 0.2) is 84.9 Å². The minimum absolute atomic E-state index is 0.250. The quantitative estimate of drug-likeness (QED) is 0.254. The molecule has 0 fully saturated rings. The molecule has 9 heteroatoms. The van der Waals surface area contributed by atoms with Crippen LogP contribution in [0.4, 0.5) is 21.0 Å². The zero-order valence-electron chi connectivity index (χ0n) is 19.5. The van der Waals surface area contributed by atoms with Crippen molar-refractivity contribution < 1.29 is 33.3 Å². The largest absolute Gasteiger partial charge is 0.515 e. The number of hydrogen-bond donors (Lipinski definition) is 1. The summed E-state index contributed by atoms with van der Waals surface area (Å²) < 4.78 is 21.3. The molecule has 0 radical (unpaired) electrons. The Morgan fingerprint density at radius 1 is 0.714 bits per heavy atom. The van der Waals surface area contributed by atoms with E-state index in [2.05, 4.69) is 5.32 Å². The number of carbonyl (C=O) groups excluding carboxylic acids is 3. The highest BCUT2D eigenvalue weighted by Crippen LogP contribution is 2.26. The highest BCUT2D eigenvalue weighted by molar-refractivity contribution is 5.89. The van der Waals surface area contributed by atoms with E-state index in [1.165, 1.54) is 11.8 Å². The molecule has 0 aliphatic heterocycles. The van der Waals surface area contributed by atoms with Crippen molar-refractivity contribution >= 4 is 29.6 Å². The van der Waals surface area contributed by atoms with Gasteiger partial charge in [0.05, 0.1) is 0 Å². The maximum atomic E-state index is 12.4. The van der Waals surface area contributed by atoms with Crippen molar-refractivity contribution in [3.05, 3.63) is 84.9 Å². The lowest BCUT2D eigenvalue weighted by molar-refractivity contribution is -0.114. The van der Waals surface area contributed by atoms with Crippen LogP contribution in [0.3, 0.4) is 0 Å². The number of nitrogens with zero attached hydrogens (tertiary/aromatic N) is 1. The van der Waals surface area contributed by atoms with Crippen molar-refractivity contribution in [1.82, 2.24) is 0 Å². The molecule has 0 aliphatic rings. The molecule has 0 aromatic heterocycles. The Morgan fingerprint density at radius 2 is 1.20 bits per heavy atom. The van der Waals surface area contributed by atoms with E-state index < -0.39 is 24.8 Å². The third-order valence-corrected chi connectivity index (χ3v) is 4.67. The van der Waals surface area contributed by atoms with Crippen LogP contribution < -0.4 is 19.7 Å². The zero-order chi connectivity index (χ0) is 25.2. The normalized spacial score (nSPS) is 12.0. The van der Waals surface area contributed by atoms with Gasteiger partial charge in [-0.3, -0.25) is 4.79 Å². The van der Waals surface area contributed by atoms with Gasteiger partial charge in [-0.1, -0.05) is 42.5 Å². The Hall–Kier alpha value is -4.53. The second kappa shape index (κ2) is 12.1. The molecule has 182 valence electrons. The van der Waals surface area contributed by atoms with E-state index in [9.17, 15) is 14.4 Å². The summed E-state index contributed by atoms with van der Waals surface area (Å²) in [6.45, 7) is 4.58. The van der Waals surface area contributed by atoms with Gasteiger partial charge in [0, 0.05) is 18.3 Å². The molecule has 2 atom stereocenters. The predicted molar refractivity (Wildman–Crippen MR) is 129 cm³/mol. The Balaban J connectivity index is 1.78. The summed E-state index contributed by atoms with van der Waals surface area (Å²) in [5.41, 5.74) is 1.02. The van der Waals surface area contributed by atoms with Crippen molar-refractivity contribution in [3.63, 3.8) is 0 Å². The van der Waals surface area contributed by atoms with Crippen LogP contribution in [-0.2, 0) is 14.3 Å². The molecule has 0 heterocycles. The van der Waals surface area contributed by atoms with Crippen molar-refractivity contribution in [2.24, 2.45) is 0 Å². The zero-order valence-corrected chi connectivity index (χ0v) is 19.5. The third kappa shape index (κ3) is 7.78. The van der Waals surface area contributed by atoms with Gasteiger partial charge in [-0.2, -0.15) is 0 Å². The summed E-state index contributed by atoms with van der Waals surface area (Å²) in [5, 5.41) is 2.69. The SMILES string of the molecule is CC(=O)Nc1cccc(N(C(C)OC(=O)Oc2ccccc2)C(C)OC(=O)Oc2ccccc2)c1. The molecule has 9 nitrogen and oxygen atoms in total. The van der Waals surface area contributed by atoms with Crippen LogP contribution in [0.25, 0.3) is 0 Å². The van der Waals surface area contributed by atoms with E-state index in [0.717, 1.165) is 0 Å². The Morgan fingerprint density at radius 3 is 1.66 bits per heavy atom. The van der Waals surface area contributed by atoms with Gasteiger partial charge in [0.1, 0.15) is 11.5 Å². The predicted octanol–water partition coefficient (Wildman–Crippen LogP) is 5.57. The van der Waals surface area contributed by atoms with Gasteiger partial charge in [0.25, 0.3) is 0 Å². The molecule has 1 amide bonds. The lowest BCUT2D eigenvalue weighted by atomic mass is 10.2. The van der Waals surface area contributed by atoms with Gasteiger partial charge >= 0.3 is 12.3 Å². The topological polar surface area (TPSA) is 103 Å². The van der Waals surface area contributed by atoms with Crippen molar-refractivity contribution in [2.45, 2.75) is 33.2 Å². The van der Waals surface area contributed by atoms with E-state index in [4.69, 9.17) is 18.9 Å². The minimum Gasteiger partial charge on any atom is -0.410 e. The minimum atomic E-state index is -0.939. The number of hydrogen-bond acceptors (Lipinski definition) is 8. The van der Waals surface area contributed by atoms with Crippen molar-refractivity contribution in [3.8, 4) is 11.5 Å². The molecule has 3 aromatic carbocycles. The van der Waals surface area contributed by atoms with E-state index >= 15 is 0 Å². The van der Waals surface area contributed by atoms with Crippen molar-refractivity contribution in [1.29, 1.82) is 0 Å². The van der Waals surface area contributed by atoms with Gasteiger partial charge in [-0.15, -0.1) is 0 Å². The first-order valence-electron chi connectivity index (χ1n) is 10.8. The number of anilines is 2. The van der Waals surface area contributed by atoms with Gasteiger partial charge in [-0.05, 0) is 56.3 Å². The lowest BCUT2D eigenvalue weighted by Crippen LogP contribution is -2.45. The molecule has 1 N–H and O–H groups in total. The molecule has 2 unspecified atom stereocenters. The van der Waals surface area contributed by atoms with Crippen molar-refractivity contribution in [2.75, 3.05) is 10.2 Å². The van der Waals surface area contributed by atoms with Crippen LogP contribution >= 0.6 is 0 Å². The summed E-state index contributed by atoms with van der Waals surface area (Å²) in [4.78, 5) is 37.8. The van der Waals surface area contributed by atoms with Crippen LogP contribution in [-0.4, -0.2) is 30.7 Å². The van der Waals surface area contributed by atoms with E-state index in [0.29, 0.717) is 22.9 Å². The average molecular weight is 479 g/mol. The summed E-state index contributed by atoms with van der Waals surface area (Å²) in [5.74, 6) is 0.388. The van der Waals surface area contributed by atoms with Gasteiger partial charge in [0.15, 0.2) is 12.5 Å². The number of benzene rings is 3. The summed E-state index contributed by atoms with van der Waals surface area (Å²) in [6, 6.07) is 23.7. The third-order valence-electron chi connectivity index (χ3n) is 4.67. The van der Waals surface area contributed by atoms with Crippen LogP contribution in [0.2, 0.25) is 0 Å². The number of nitrogens with one attached hydrogen (secondary N) is 1. The molecule has 0 spiro atoms. The first-order valence-corrected chi connectivity index (χ1v) is 10.8. The first kappa shape index (κ1) is 25.1. The Kier molecular flexibility index (Phi) is 8.66. The maximum Gasteiger partial charge on any atom is 0.515 e. The second-order valence-corrected chi connectivity index (χ2v) is 7.40. The number of rotatable bonds is 8. The van der Waals surface area contributed by atoms with E-state index in [1.807, 2.05) is 0 Å². The highest BCUT2D eigenvalue weighted by atomic mass is 16.7. The number of para-hydroxylation sites is 2. The molecular weight excluding hydrogens is 452 g/mol. The molecule has 0 saturated carbocycles. The highest BCUT2D eigenvalue weighted by Gasteiger charge is 2.28. The summed E-state index contributed by atoms with van der Waals surface area (Å²) in [7, 11) is 0. The molecule has 35 heavy (non-hydrogen) atoms. The average Bonchev–Trinajstić information content (AvgIpc) is 2.80. The second-order valence-electron chi connectivity index (χ2n) is 7.40. The Labute approximate surface area is 203 Å². The van der Waals surface area contributed by atoms with Crippen LogP contribution in [0.1, 0.15) is 20.8 Å². The van der Waals surface area contributed by atoms with Crippen LogP contribution in [0, 0.1) is 0 Å². The molecule has 3 aromatic rings. The number of carbonyl (C=O) groups is 3. The fourth-order valence-electron chi connectivity index (χ4n) is 3.27. The monoisotopic (exact) mass is 478 g/mol. The van der Waals surface area contributed by atoms with Gasteiger partial charge in [0.2, 0.25) is 5.91 Å². The maximum absolute atomic E-state index is 12.4. The number of ether oxygens (including phenoxy) is 4.